The van der Waals surface area contributed by atoms with E-state index in [4.69, 9.17) is 30.1 Å². The van der Waals surface area contributed by atoms with Gasteiger partial charge in [0.15, 0.2) is 0 Å². The summed E-state index contributed by atoms with van der Waals surface area (Å²) in [5.74, 6) is -0.558. The molecule has 2 unspecified atom stereocenters. The number of amides is 1. The van der Waals surface area contributed by atoms with Gasteiger partial charge in [-0.15, -0.1) is 11.6 Å². The molecule has 0 aliphatic carbocycles. The van der Waals surface area contributed by atoms with Crippen molar-refractivity contribution in [3.63, 3.8) is 0 Å². The molecule has 8 nitrogen and oxygen atoms in total. The number of hydrogen-bond acceptors (Lipinski definition) is 6. The summed E-state index contributed by atoms with van der Waals surface area (Å²) in [6.07, 6.45) is 20.8. The number of nitrogens with one attached hydrogen (secondary N) is 1. The summed E-state index contributed by atoms with van der Waals surface area (Å²) in [6.45, 7) is 2.95. The van der Waals surface area contributed by atoms with Gasteiger partial charge >= 0.3 is 7.82 Å². The molecular weight excluding hydrogens is 505 g/mol. The van der Waals surface area contributed by atoms with Crippen LogP contribution in [0, 0.1) is 0 Å². The van der Waals surface area contributed by atoms with Gasteiger partial charge in [-0.3, -0.25) is 13.8 Å². The first-order valence-electron chi connectivity index (χ1n) is 14.0. The van der Waals surface area contributed by atoms with Crippen LogP contribution in [0.15, 0.2) is 0 Å². The van der Waals surface area contributed by atoms with Crippen molar-refractivity contribution in [1.29, 1.82) is 0 Å². The van der Waals surface area contributed by atoms with Crippen LogP contribution in [-0.4, -0.2) is 62.9 Å². The van der Waals surface area contributed by atoms with Crippen LogP contribution in [0.4, 0.5) is 0 Å². The van der Waals surface area contributed by atoms with E-state index >= 15 is 0 Å². The van der Waals surface area contributed by atoms with Gasteiger partial charge in [-0.1, -0.05) is 103 Å². The van der Waals surface area contributed by atoms with E-state index in [1.54, 1.807) is 0 Å². The third-order valence-corrected chi connectivity index (χ3v) is 7.23. The predicted octanol–water partition coefficient (Wildman–Crippen LogP) is 6.77. The Morgan fingerprint density at radius 3 is 1.78 bits per heavy atom. The normalized spacial score (nSPS) is 14.0. The van der Waals surface area contributed by atoms with Crippen molar-refractivity contribution in [3.05, 3.63) is 0 Å². The Hall–Kier alpha value is -0.210. The number of rotatable bonds is 28. The standard InChI is InChI=1S/C26H53ClNO7P/c1-3-4-5-6-7-8-9-10-11-12-13-14-15-16-17-18-20-33-23-25(32-2)24-35-36(30,31)34-21-19-28-26(29)22-27/h25H,3-24H2,1-2H3,(H,28,29)(H,30,31). The average Bonchev–Trinajstić information content (AvgIpc) is 2.87. The second-order valence-corrected chi connectivity index (χ2v) is 11.0. The van der Waals surface area contributed by atoms with Crippen LogP contribution in [0.1, 0.15) is 110 Å². The summed E-state index contributed by atoms with van der Waals surface area (Å²) in [6, 6.07) is 0. The SMILES string of the molecule is CCCCCCCCCCCCCCCCCCOCC(COP(=O)(O)OCCNC(=O)CCl)OC. The van der Waals surface area contributed by atoms with Gasteiger partial charge in [-0.25, -0.2) is 4.57 Å². The summed E-state index contributed by atoms with van der Waals surface area (Å²) in [4.78, 5) is 20.7. The Morgan fingerprint density at radius 1 is 0.806 bits per heavy atom. The van der Waals surface area contributed by atoms with Gasteiger partial charge in [0.05, 0.1) is 19.8 Å². The van der Waals surface area contributed by atoms with E-state index in [0.29, 0.717) is 6.61 Å². The zero-order chi connectivity index (χ0) is 26.7. The number of phosphoric ester groups is 1. The summed E-state index contributed by atoms with van der Waals surface area (Å²) < 4.78 is 32.5. The van der Waals surface area contributed by atoms with E-state index < -0.39 is 13.9 Å². The highest BCUT2D eigenvalue weighted by molar-refractivity contribution is 7.47. The molecule has 2 atom stereocenters. The lowest BCUT2D eigenvalue weighted by atomic mass is 10.0. The highest BCUT2D eigenvalue weighted by Gasteiger charge is 2.23. The summed E-state index contributed by atoms with van der Waals surface area (Å²) in [5, 5.41) is 2.43. The third kappa shape index (κ3) is 25.4. The van der Waals surface area contributed by atoms with Crippen molar-refractivity contribution in [2.45, 2.75) is 116 Å². The molecule has 0 aromatic heterocycles. The smallest absolute Gasteiger partial charge is 0.379 e. The molecule has 0 aromatic rings. The molecule has 0 aromatic carbocycles. The summed E-state index contributed by atoms with van der Waals surface area (Å²) in [7, 11) is -2.73. The number of methoxy groups -OCH3 is 1. The average molecular weight is 558 g/mol. The number of halogens is 1. The molecule has 0 aliphatic rings. The van der Waals surface area contributed by atoms with Crippen LogP contribution >= 0.6 is 19.4 Å². The first-order chi connectivity index (χ1) is 17.4. The molecule has 216 valence electrons. The largest absolute Gasteiger partial charge is 0.472 e. The molecule has 0 saturated carbocycles. The van der Waals surface area contributed by atoms with E-state index in [2.05, 4.69) is 12.2 Å². The molecule has 1 amide bonds. The van der Waals surface area contributed by atoms with Crippen LogP contribution in [0.3, 0.4) is 0 Å². The summed E-state index contributed by atoms with van der Waals surface area (Å²) in [5.41, 5.74) is 0. The first kappa shape index (κ1) is 35.8. The predicted molar refractivity (Wildman–Crippen MR) is 147 cm³/mol. The van der Waals surface area contributed by atoms with Crippen LogP contribution < -0.4 is 5.32 Å². The minimum atomic E-state index is -4.23. The van der Waals surface area contributed by atoms with Crippen molar-refractivity contribution < 1.29 is 32.8 Å². The lowest BCUT2D eigenvalue weighted by molar-refractivity contribution is -0.118. The fourth-order valence-electron chi connectivity index (χ4n) is 3.76. The van der Waals surface area contributed by atoms with Gasteiger partial charge in [0.1, 0.15) is 12.0 Å². The molecule has 0 spiro atoms. The van der Waals surface area contributed by atoms with Crippen LogP contribution in [0.2, 0.25) is 0 Å². The van der Waals surface area contributed by atoms with Gasteiger partial charge in [0.25, 0.3) is 0 Å². The van der Waals surface area contributed by atoms with E-state index in [1.165, 1.54) is 97.0 Å². The highest BCUT2D eigenvalue weighted by Crippen LogP contribution is 2.43. The van der Waals surface area contributed by atoms with Crippen molar-refractivity contribution >= 4 is 25.3 Å². The highest BCUT2D eigenvalue weighted by atomic mass is 35.5. The Balaban J connectivity index is 3.49. The molecule has 36 heavy (non-hydrogen) atoms. The Bertz CT molecular complexity index is 542. The van der Waals surface area contributed by atoms with Gasteiger partial charge in [0.2, 0.25) is 5.91 Å². The van der Waals surface area contributed by atoms with E-state index in [-0.39, 0.29) is 38.2 Å². The fraction of sp³-hybridized carbons (Fsp3) is 0.962. The second-order valence-electron chi connectivity index (χ2n) is 9.32. The minimum Gasteiger partial charge on any atom is -0.379 e. The molecule has 0 bridgehead atoms. The maximum atomic E-state index is 11.9. The van der Waals surface area contributed by atoms with E-state index in [9.17, 15) is 14.3 Å². The number of phosphoric acid groups is 1. The molecule has 0 fully saturated rings. The quantitative estimate of drug-likeness (QED) is 0.0621. The molecule has 0 heterocycles. The molecule has 2 N–H and O–H groups in total. The van der Waals surface area contributed by atoms with Gasteiger partial charge in [-0.05, 0) is 6.42 Å². The van der Waals surface area contributed by atoms with Crippen molar-refractivity contribution in [2.24, 2.45) is 0 Å². The fourth-order valence-corrected chi connectivity index (χ4v) is 4.61. The second kappa shape index (κ2) is 26.4. The van der Waals surface area contributed by atoms with Crippen molar-refractivity contribution in [3.8, 4) is 0 Å². The van der Waals surface area contributed by atoms with Crippen LogP contribution in [-0.2, 0) is 27.9 Å². The Morgan fingerprint density at radius 2 is 1.31 bits per heavy atom. The maximum Gasteiger partial charge on any atom is 0.472 e. The molecular formula is C26H53ClNO7P. The maximum absolute atomic E-state index is 11.9. The number of alkyl halides is 1. The zero-order valence-electron chi connectivity index (χ0n) is 22.9. The van der Waals surface area contributed by atoms with Gasteiger partial charge in [-0.2, -0.15) is 0 Å². The topological polar surface area (TPSA) is 103 Å². The molecule has 10 heteroatoms. The van der Waals surface area contributed by atoms with Crippen LogP contribution in [0.25, 0.3) is 0 Å². The Kier molecular flexibility index (Phi) is 26.2. The Labute approximate surface area is 225 Å². The third-order valence-electron chi connectivity index (χ3n) is 6.00. The van der Waals surface area contributed by atoms with E-state index in [1.807, 2.05) is 0 Å². The monoisotopic (exact) mass is 557 g/mol. The van der Waals surface area contributed by atoms with Crippen molar-refractivity contribution in [1.82, 2.24) is 5.32 Å². The zero-order valence-corrected chi connectivity index (χ0v) is 24.5. The number of carbonyl (C=O) groups is 1. The minimum absolute atomic E-state index is 0.0651. The molecule has 0 rings (SSSR count). The first-order valence-corrected chi connectivity index (χ1v) is 16.0. The molecule has 0 radical (unpaired) electrons. The molecule has 0 saturated heterocycles. The molecule has 0 aliphatic heterocycles. The van der Waals surface area contributed by atoms with Crippen LogP contribution in [0.5, 0.6) is 0 Å². The number of carbonyl (C=O) groups excluding carboxylic acids is 1. The lowest BCUT2D eigenvalue weighted by Gasteiger charge is -2.18. The number of unbranched alkanes of at least 4 members (excludes halogenated alkanes) is 15. The van der Waals surface area contributed by atoms with Crippen molar-refractivity contribution in [2.75, 3.05) is 46.0 Å². The van der Waals surface area contributed by atoms with E-state index in [0.717, 1.165) is 12.8 Å². The lowest BCUT2D eigenvalue weighted by Crippen LogP contribution is -2.28. The van der Waals surface area contributed by atoms with Gasteiger partial charge < -0.3 is 19.7 Å². The van der Waals surface area contributed by atoms with Gasteiger partial charge in [0, 0.05) is 20.3 Å². The summed E-state index contributed by atoms with van der Waals surface area (Å²) >= 11 is 5.34. The number of hydrogen-bond donors (Lipinski definition) is 2. The number of ether oxygens (including phenoxy) is 2.